The number of fused-ring (bicyclic) bond motifs is 1. The molecular formula is C14H16N2O2. The lowest BCUT2D eigenvalue weighted by Crippen LogP contribution is -2.10. The Morgan fingerprint density at radius 2 is 2.22 bits per heavy atom. The molecule has 2 rings (SSSR count). The molecule has 1 amide bonds. The Bertz CT molecular complexity index is 567. The lowest BCUT2D eigenvalue weighted by Gasteiger charge is -2.06. The van der Waals surface area contributed by atoms with Crippen LogP contribution in [0, 0.1) is 0 Å². The second-order valence-electron chi connectivity index (χ2n) is 4.08. The van der Waals surface area contributed by atoms with Crippen LogP contribution in [-0.2, 0) is 4.79 Å². The monoisotopic (exact) mass is 244 g/mol. The number of amides is 1. The molecule has 94 valence electrons. The maximum absolute atomic E-state index is 11.5. The SMILES string of the molecule is CCCC(=O)Nc1cnc2cc(OC)ccc2c1. The van der Waals surface area contributed by atoms with E-state index in [9.17, 15) is 4.79 Å². The largest absolute Gasteiger partial charge is 0.497 e. The van der Waals surface area contributed by atoms with E-state index in [1.807, 2.05) is 31.2 Å². The van der Waals surface area contributed by atoms with Crippen LogP contribution in [0.15, 0.2) is 30.5 Å². The summed E-state index contributed by atoms with van der Waals surface area (Å²) in [6.45, 7) is 1.98. The number of nitrogens with zero attached hydrogens (tertiary/aromatic N) is 1. The Morgan fingerprint density at radius 3 is 2.94 bits per heavy atom. The molecule has 4 heteroatoms. The van der Waals surface area contributed by atoms with Gasteiger partial charge in [-0.1, -0.05) is 6.92 Å². The van der Waals surface area contributed by atoms with E-state index in [0.717, 1.165) is 28.8 Å². The first-order chi connectivity index (χ1) is 8.72. The molecule has 0 radical (unpaired) electrons. The normalized spacial score (nSPS) is 10.3. The Kier molecular flexibility index (Phi) is 3.77. The van der Waals surface area contributed by atoms with E-state index < -0.39 is 0 Å². The van der Waals surface area contributed by atoms with Crippen LogP contribution in [0.5, 0.6) is 5.75 Å². The van der Waals surface area contributed by atoms with Gasteiger partial charge in [0.25, 0.3) is 0 Å². The number of ether oxygens (including phenoxy) is 1. The average molecular weight is 244 g/mol. The van der Waals surface area contributed by atoms with Gasteiger partial charge in [0.1, 0.15) is 5.75 Å². The molecule has 0 bridgehead atoms. The molecule has 1 aromatic carbocycles. The van der Waals surface area contributed by atoms with Gasteiger partial charge in [0, 0.05) is 17.9 Å². The van der Waals surface area contributed by atoms with E-state index in [4.69, 9.17) is 4.74 Å². The fourth-order valence-corrected chi connectivity index (χ4v) is 1.75. The number of hydrogen-bond acceptors (Lipinski definition) is 3. The molecule has 0 aliphatic heterocycles. The van der Waals surface area contributed by atoms with Crippen molar-refractivity contribution in [3.63, 3.8) is 0 Å². The van der Waals surface area contributed by atoms with Gasteiger partial charge in [-0.3, -0.25) is 9.78 Å². The zero-order valence-electron chi connectivity index (χ0n) is 10.6. The Hall–Kier alpha value is -2.10. The van der Waals surface area contributed by atoms with Crippen molar-refractivity contribution in [1.29, 1.82) is 0 Å². The van der Waals surface area contributed by atoms with Crippen LogP contribution in [0.3, 0.4) is 0 Å². The molecule has 1 N–H and O–H groups in total. The molecule has 0 aliphatic carbocycles. The molecule has 2 aromatic rings. The highest BCUT2D eigenvalue weighted by Gasteiger charge is 2.03. The van der Waals surface area contributed by atoms with Crippen LogP contribution in [0.2, 0.25) is 0 Å². The van der Waals surface area contributed by atoms with Crippen molar-refractivity contribution in [2.75, 3.05) is 12.4 Å². The molecule has 0 spiro atoms. The number of nitrogens with one attached hydrogen (secondary N) is 1. The van der Waals surface area contributed by atoms with Gasteiger partial charge in [-0.2, -0.15) is 0 Å². The number of anilines is 1. The number of carbonyl (C=O) groups excluding carboxylic acids is 1. The van der Waals surface area contributed by atoms with Crippen LogP contribution in [0.1, 0.15) is 19.8 Å². The number of methoxy groups -OCH3 is 1. The fourth-order valence-electron chi connectivity index (χ4n) is 1.75. The van der Waals surface area contributed by atoms with Crippen molar-refractivity contribution in [1.82, 2.24) is 4.98 Å². The van der Waals surface area contributed by atoms with Crippen molar-refractivity contribution in [2.45, 2.75) is 19.8 Å². The second kappa shape index (κ2) is 5.49. The van der Waals surface area contributed by atoms with Gasteiger partial charge in [0.15, 0.2) is 0 Å². The number of carbonyl (C=O) groups is 1. The highest BCUT2D eigenvalue weighted by atomic mass is 16.5. The summed E-state index contributed by atoms with van der Waals surface area (Å²) in [6.07, 6.45) is 3.03. The highest BCUT2D eigenvalue weighted by Crippen LogP contribution is 2.21. The Balaban J connectivity index is 2.25. The predicted molar refractivity (Wildman–Crippen MR) is 71.8 cm³/mol. The Labute approximate surface area is 106 Å². The smallest absolute Gasteiger partial charge is 0.224 e. The summed E-state index contributed by atoms with van der Waals surface area (Å²) in [5.74, 6) is 0.796. The first-order valence-electron chi connectivity index (χ1n) is 5.96. The van der Waals surface area contributed by atoms with Crippen molar-refractivity contribution in [2.24, 2.45) is 0 Å². The summed E-state index contributed by atoms with van der Waals surface area (Å²) in [5.41, 5.74) is 1.58. The first-order valence-corrected chi connectivity index (χ1v) is 5.96. The maximum Gasteiger partial charge on any atom is 0.224 e. The number of benzene rings is 1. The van der Waals surface area contributed by atoms with Gasteiger partial charge in [0.2, 0.25) is 5.91 Å². The fraction of sp³-hybridized carbons (Fsp3) is 0.286. The van der Waals surface area contributed by atoms with Crippen LogP contribution < -0.4 is 10.1 Å². The van der Waals surface area contributed by atoms with Crippen LogP contribution >= 0.6 is 0 Å². The minimum absolute atomic E-state index is 0.0205. The maximum atomic E-state index is 11.5. The summed E-state index contributed by atoms with van der Waals surface area (Å²) >= 11 is 0. The lowest BCUT2D eigenvalue weighted by atomic mass is 10.2. The minimum atomic E-state index is 0.0205. The molecule has 0 aliphatic rings. The summed E-state index contributed by atoms with van der Waals surface area (Å²) < 4.78 is 5.14. The Morgan fingerprint density at radius 1 is 1.39 bits per heavy atom. The van der Waals surface area contributed by atoms with E-state index in [0.29, 0.717) is 6.42 Å². The van der Waals surface area contributed by atoms with Crippen LogP contribution in [0.4, 0.5) is 5.69 Å². The summed E-state index contributed by atoms with van der Waals surface area (Å²) in [4.78, 5) is 15.8. The van der Waals surface area contributed by atoms with Gasteiger partial charge in [-0.05, 0) is 24.6 Å². The summed E-state index contributed by atoms with van der Waals surface area (Å²) in [7, 11) is 1.63. The molecule has 0 saturated heterocycles. The zero-order valence-corrected chi connectivity index (χ0v) is 10.6. The third kappa shape index (κ3) is 2.77. The van der Waals surface area contributed by atoms with E-state index in [1.165, 1.54) is 0 Å². The average Bonchev–Trinajstić information content (AvgIpc) is 2.38. The van der Waals surface area contributed by atoms with Crippen LogP contribution in [-0.4, -0.2) is 18.0 Å². The van der Waals surface area contributed by atoms with Crippen molar-refractivity contribution >= 4 is 22.5 Å². The molecule has 0 unspecified atom stereocenters. The molecule has 0 fully saturated rings. The van der Waals surface area contributed by atoms with Gasteiger partial charge in [-0.25, -0.2) is 0 Å². The predicted octanol–water partition coefficient (Wildman–Crippen LogP) is 2.98. The molecule has 1 aromatic heterocycles. The van der Waals surface area contributed by atoms with E-state index in [2.05, 4.69) is 10.3 Å². The van der Waals surface area contributed by atoms with Crippen LogP contribution in [0.25, 0.3) is 10.9 Å². The number of aromatic nitrogens is 1. The summed E-state index contributed by atoms with van der Waals surface area (Å²) in [5, 5.41) is 3.81. The number of hydrogen-bond donors (Lipinski definition) is 1. The van der Waals surface area contributed by atoms with E-state index in [1.54, 1.807) is 13.3 Å². The molecule has 1 heterocycles. The lowest BCUT2D eigenvalue weighted by molar-refractivity contribution is -0.116. The quantitative estimate of drug-likeness (QED) is 0.899. The second-order valence-corrected chi connectivity index (χ2v) is 4.08. The van der Waals surface area contributed by atoms with Crippen molar-refractivity contribution in [3.05, 3.63) is 30.5 Å². The highest BCUT2D eigenvalue weighted by molar-refractivity contribution is 5.93. The van der Waals surface area contributed by atoms with Gasteiger partial charge < -0.3 is 10.1 Å². The molecule has 18 heavy (non-hydrogen) atoms. The first kappa shape index (κ1) is 12.4. The topological polar surface area (TPSA) is 51.2 Å². The van der Waals surface area contributed by atoms with E-state index in [-0.39, 0.29) is 5.91 Å². The molecule has 4 nitrogen and oxygen atoms in total. The number of rotatable bonds is 4. The molecular weight excluding hydrogens is 228 g/mol. The standard InChI is InChI=1S/C14H16N2O2/c1-3-4-14(17)16-11-7-10-5-6-12(18-2)8-13(10)15-9-11/h5-9H,3-4H2,1-2H3,(H,16,17). The van der Waals surface area contributed by atoms with Gasteiger partial charge in [-0.15, -0.1) is 0 Å². The van der Waals surface area contributed by atoms with Gasteiger partial charge in [0.05, 0.1) is 24.5 Å². The van der Waals surface area contributed by atoms with Crippen molar-refractivity contribution in [3.8, 4) is 5.75 Å². The van der Waals surface area contributed by atoms with Crippen molar-refractivity contribution < 1.29 is 9.53 Å². The zero-order chi connectivity index (χ0) is 13.0. The summed E-state index contributed by atoms with van der Waals surface area (Å²) in [6, 6.07) is 7.58. The van der Waals surface area contributed by atoms with Gasteiger partial charge >= 0.3 is 0 Å². The number of pyridine rings is 1. The minimum Gasteiger partial charge on any atom is -0.497 e. The van der Waals surface area contributed by atoms with E-state index >= 15 is 0 Å². The molecule has 0 saturated carbocycles. The third-order valence-corrected chi connectivity index (χ3v) is 2.65. The third-order valence-electron chi connectivity index (χ3n) is 2.65. The molecule has 0 atom stereocenters.